The number of carbonyl (C=O) groups is 1. The summed E-state index contributed by atoms with van der Waals surface area (Å²) in [6, 6.07) is 7.17. The molecule has 2 rings (SSSR count). The molecule has 1 aromatic rings. The lowest BCUT2D eigenvalue weighted by molar-refractivity contribution is -0.122. The SMILES string of the molecule is Nc1ccccc1SCCS(=O)(=O)NC1CCC(=O)NC1. The number of nitrogen functional groups attached to an aromatic ring is 1. The van der Waals surface area contributed by atoms with Gasteiger partial charge in [-0.05, 0) is 18.6 Å². The van der Waals surface area contributed by atoms with Crippen molar-refractivity contribution >= 4 is 33.4 Å². The molecule has 1 aliphatic rings. The highest BCUT2D eigenvalue weighted by Gasteiger charge is 2.22. The summed E-state index contributed by atoms with van der Waals surface area (Å²) in [7, 11) is -3.34. The first-order chi connectivity index (χ1) is 9.96. The van der Waals surface area contributed by atoms with Gasteiger partial charge in [-0.3, -0.25) is 4.79 Å². The molecular formula is C13H19N3O3S2. The predicted octanol–water partition coefficient (Wildman–Crippen LogP) is 0.559. The molecule has 1 aromatic carbocycles. The van der Waals surface area contributed by atoms with Crippen LogP contribution < -0.4 is 15.8 Å². The molecule has 4 N–H and O–H groups in total. The molecule has 1 heterocycles. The third-order valence-corrected chi connectivity index (χ3v) is 5.92. The van der Waals surface area contributed by atoms with Gasteiger partial charge in [-0.1, -0.05) is 12.1 Å². The Morgan fingerprint density at radius 1 is 1.38 bits per heavy atom. The van der Waals surface area contributed by atoms with Gasteiger partial charge in [0.25, 0.3) is 0 Å². The maximum Gasteiger partial charge on any atom is 0.220 e. The molecule has 116 valence electrons. The summed E-state index contributed by atoms with van der Waals surface area (Å²) in [6.45, 7) is 0.358. The lowest BCUT2D eigenvalue weighted by atomic mass is 10.1. The van der Waals surface area contributed by atoms with E-state index in [1.165, 1.54) is 11.8 Å². The summed E-state index contributed by atoms with van der Waals surface area (Å²) >= 11 is 1.42. The van der Waals surface area contributed by atoms with Crippen LogP contribution in [0.1, 0.15) is 12.8 Å². The zero-order valence-corrected chi connectivity index (χ0v) is 13.2. The fourth-order valence-electron chi connectivity index (χ4n) is 2.02. The van der Waals surface area contributed by atoms with Gasteiger partial charge in [0, 0.05) is 35.3 Å². The van der Waals surface area contributed by atoms with Crippen LogP contribution in [0, 0.1) is 0 Å². The molecule has 21 heavy (non-hydrogen) atoms. The first kappa shape index (κ1) is 16.1. The first-order valence-corrected chi connectivity index (χ1v) is 9.34. The quantitative estimate of drug-likeness (QED) is 0.523. The van der Waals surface area contributed by atoms with Gasteiger partial charge in [-0.15, -0.1) is 11.8 Å². The van der Waals surface area contributed by atoms with Crippen LogP contribution in [0.4, 0.5) is 5.69 Å². The van der Waals surface area contributed by atoms with Crippen LogP contribution in [-0.4, -0.2) is 38.4 Å². The van der Waals surface area contributed by atoms with Crippen molar-refractivity contribution in [3.8, 4) is 0 Å². The number of anilines is 1. The average Bonchev–Trinajstić information content (AvgIpc) is 2.43. The highest BCUT2D eigenvalue weighted by Crippen LogP contribution is 2.24. The molecule has 1 atom stereocenters. The van der Waals surface area contributed by atoms with Crippen molar-refractivity contribution in [2.45, 2.75) is 23.8 Å². The number of benzene rings is 1. The Bertz CT molecular complexity index is 594. The van der Waals surface area contributed by atoms with Crippen molar-refractivity contribution in [3.63, 3.8) is 0 Å². The number of hydrogen-bond acceptors (Lipinski definition) is 5. The molecule has 0 spiro atoms. The minimum absolute atomic E-state index is 0.0243. The van der Waals surface area contributed by atoms with Crippen LogP contribution in [0.5, 0.6) is 0 Å². The molecule has 0 aromatic heterocycles. The van der Waals surface area contributed by atoms with Crippen molar-refractivity contribution in [2.24, 2.45) is 0 Å². The number of para-hydroxylation sites is 1. The summed E-state index contributed by atoms with van der Waals surface area (Å²) in [5, 5.41) is 2.66. The monoisotopic (exact) mass is 329 g/mol. The number of carbonyl (C=O) groups excluding carboxylic acids is 1. The van der Waals surface area contributed by atoms with E-state index in [4.69, 9.17) is 5.73 Å². The van der Waals surface area contributed by atoms with E-state index in [2.05, 4.69) is 10.0 Å². The van der Waals surface area contributed by atoms with Gasteiger partial charge < -0.3 is 11.1 Å². The van der Waals surface area contributed by atoms with E-state index in [9.17, 15) is 13.2 Å². The van der Waals surface area contributed by atoms with E-state index in [0.717, 1.165) is 4.90 Å². The number of rotatable bonds is 6. The average molecular weight is 329 g/mol. The van der Waals surface area contributed by atoms with Crippen molar-refractivity contribution in [1.82, 2.24) is 10.0 Å². The van der Waals surface area contributed by atoms with E-state index < -0.39 is 10.0 Å². The zero-order valence-electron chi connectivity index (χ0n) is 11.5. The van der Waals surface area contributed by atoms with Crippen LogP contribution in [0.3, 0.4) is 0 Å². The van der Waals surface area contributed by atoms with E-state index in [-0.39, 0.29) is 17.7 Å². The van der Waals surface area contributed by atoms with Crippen molar-refractivity contribution in [3.05, 3.63) is 24.3 Å². The molecule has 1 unspecified atom stereocenters. The van der Waals surface area contributed by atoms with Crippen LogP contribution in [0.2, 0.25) is 0 Å². The minimum atomic E-state index is -3.34. The molecule has 1 amide bonds. The highest BCUT2D eigenvalue weighted by molar-refractivity contribution is 8.00. The minimum Gasteiger partial charge on any atom is -0.398 e. The Morgan fingerprint density at radius 3 is 2.81 bits per heavy atom. The number of nitrogens with one attached hydrogen (secondary N) is 2. The normalized spacial score (nSPS) is 19.2. The van der Waals surface area contributed by atoms with Crippen LogP contribution >= 0.6 is 11.8 Å². The van der Waals surface area contributed by atoms with Gasteiger partial charge in [0.2, 0.25) is 15.9 Å². The molecule has 0 bridgehead atoms. The molecule has 1 saturated heterocycles. The Morgan fingerprint density at radius 2 is 2.14 bits per heavy atom. The van der Waals surface area contributed by atoms with Crippen molar-refractivity contribution < 1.29 is 13.2 Å². The Kier molecular flexibility index (Phi) is 5.49. The molecule has 6 nitrogen and oxygen atoms in total. The Hall–Kier alpha value is -1.25. The van der Waals surface area contributed by atoms with Crippen molar-refractivity contribution in [1.29, 1.82) is 0 Å². The second-order valence-corrected chi connectivity index (χ2v) is 7.87. The molecule has 8 heteroatoms. The summed E-state index contributed by atoms with van der Waals surface area (Å²) in [6.07, 6.45) is 0.909. The van der Waals surface area contributed by atoms with Crippen LogP contribution in [0.15, 0.2) is 29.2 Å². The van der Waals surface area contributed by atoms with Gasteiger partial charge in [0.05, 0.1) is 5.75 Å². The van der Waals surface area contributed by atoms with Gasteiger partial charge >= 0.3 is 0 Å². The number of amides is 1. The van der Waals surface area contributed by atoms with Crippen molar-refractivity contribution in [2.75, 3.05) is 23.8 Å². The smallest absolute Gasteiger partial charge is 0.220 e. The standard InChI is InChI=1S/C13H19N3O3S2/c14-11-3-1-2-4-12(11)20-7-8-21(18,19)16-10-5-6-13(17)15-9-10/h1-4,10,16H,5-9,14H2,(H,15,17). The lowest BCUT2D eigenvalue weighted by Gasteiger charge is -2.23. The topological polar surface area (TPSA) is 101 Å². The number of hydrogen-bond donors (Lipinski definition) is 3. The maximum atomic E-state index is 12.0. The van der Waals surface area contributed by atoms with E-state index in [0.29, 0.717) is 30.8 Å². The van der Waals surface area contributed by atoms with Gasteiger partial charge in [0.1, 0.15) is 0 Å². The third kappa shape index (κ3) is 5.22. The highest BCUT2D eigenvalue weighted by atomic mass is 32.2. The number of nitrogens with two attached hydrogens (primary N) is 1. The van der Waals surface area contributed by atoms with Gasteiger partial charge in [-0.25, -0.2) is 13.1 Å². The third-order valence-electron chi connectivity index (χ3n) is 3.14. The van der Waals surface area contributed by atoms with E-state index in [1.807, 2.05) is 18.2 Å². The molecule has 1 fully saturated rings. The zero-order chi connectivity index (χ0) is 15.3. The number of thioether (sulfide) groups is 1. The van der Waals surface area contributed by atoms with Gasteiger partial charge in [0.15, 0.2) is 0 Å². The maximum absolute atomic E-state index is 12.0. The molecule has 1 aliphatic heterocycles. The fourth-order valence-corrected chi connectivity index (χ4v) is 4.69. The first-order valence-electron chi connectivity index (χ1n) is 6.70. The summed E-state index contributed by atoms with van der Waals surface area (Å²) in [4.78, 5) is 11.9. The largest absolute Gasteiger partial charge is 0.398 e. The molecule has 0 radical (unpaired) electrons. The predicted molar refractivity (Wildman–Crippen MR) is 84.5 cm³/mol. The number of sulfonamides is 1. The summed E-state index contributed by atoms with van der Waals surface area (Å²) in [5.74, 6) is 0.430. The molecule has 0 saturated carbocycles. The van der Waals surface area contributed by atoms with Crippen LogP contribution in [-0.2, 0) is 14.8 Å². The second-order valence-electron chi connectivity index (χ2n) is 4.86. The molecule has 0 aliphatic carbocycles. The van der Waals surface area contributed by atoms with Gasteiger partial charge in [-0.2, -0.15) is 0 Å². The van der Waals surface area contributed by atoms with Crippen LogP contribution in [0.25, 0.3) is 0 Å². The Labute approximate surface area is 128 Å². The van der Waals surface area contributed by atoms with E-state index in [1.54, 1.807) is 6.07 Å². The fraction of sp³-hybridized carbons (Fsp3) is 0.462. The lowest BCUT2D eigenvalue weighted by Crippen LogP contribution is -2.48. The summed E-state index contributed by atoms with van der Waals surface area (Å²) in [5.41, 5.74) is 6.46. The molecular weight excluding hydrogens is 310 g/mol. The van der Waals surface area contributed by atoms with E-state index >= 15 is 0 Å². The number of piperidine rings is 1. The second kappa shape index (κ2) is 7.15. The summed E-state index contributed by atoms with van der Waals surface area (Å²) < 4.78 is 26.6. The Balaban J connectivity index is 1.79.